The number of nitrogens with zero attached hydrogens (tertiary/aromatic N) is 3. The molecule has 0 aromatic heterocycles. The van der Waals surface area contributed by atoms with Crippen molar-refractivity contribution in [3.8, 4) is 0 Å². The first-order valence-electron chi connectivity index (χ1n) is 11.9. The van der Waals surface area contributed by atoms with E-state index in [9.17, 15) is 0 Å². The topological polar surface area (TPSA) is 37.4 Å². The predicted octanol–water partition coefficient (Wildman–Crippen LogP) is 2.46. The predicted molar refractivity (Wildman–Crippen MR) is 118 cm³/mol. The molecule has 0 aromatic rings. The van der Waals surface area contributed by atoms with E-state index in [-0.39, 0.29) is 5.60 Å². The third-order valence-corrected chi connectivity index (χ3v) is 6.86. The second kappa shape index (κ2) is 10.4. The van der Waals surface area contributed by atoms with Crippen LogP contribution in [-0.4, -0.2) is 110 Å². The van der Waals surface area contributed by atoms with Crippen molar-refractivity contribution in [2.24, 2.45) is 0 Å². The molecule has 0 aromatic carbocycles. The molecular weight excluding hydrogens is 366 g/mol. The summed E-state index contributed by atoms with van der Waals surface area (Å²) >= 11 is 0. The molecule has 0 aliphatic carbocycles. The van der Waals surface area contributed by atoms with Crippen molar-refractivity contribution >= 4 is 0 Å². The molecule has 3 rings (SSSR count). The average Bonchev–Trinajstić information content (AvgIpc) is 2.66. The highest BCUT2D eigenvalue weighted by molar-refractivity contribution is 4.88. The molecule has 6 nitrogen and oxygen atoms in total. The van der Waals surface area contributed by atoms with Gasteiger partial charge < -0.3 is 14.2 Å². The lowest BCUT2D eigenvalue weighted by atomic mass is 10.00. The molecule has 0 N–H and O–H groups in total. The minimum Gasteiger partial charge on any atom is -0.376 e. The van der Waals surface area contributed by atoms with Crippen LogP contribution in [0.1, 0.15) is 54.4 Å². The molecule has 0 bridgehead atoms. The van der Waals surface area contributed by atoms with Gasteiger partial charge in [0.15, 0.2) is 0 Å². The Balaban J connectivity index is 1.48. The van der Waals surface area contributed by atoms with Gasteiger partial charge in [0.05, 0.1) is 37.1 Å². The summed E-state index contributed by atoms with van der Waals surface area (Å²) in [5.41, 5.74) is -0.0850. The fraction of sp³-hybridized carbons (Fsp3) is 1.00. The molecule has 3 aliphatic heterocycles. The van der Waals surface area contributed by atoms with Crippen LogP contribution in [0.15, 0.2) is 0 Å². The van der Waals surface area contributed by atoms with E-state index in [1.165, 1.54) is 0 Å². The van der Waals surface area contributed by atoms with Crippen LogP contribution >= 0.6 is 0 Å². The minimum atomic E-state index is -0.0850. The summed E-state index contributed by atoms with van der Waals surface area (Å²) in [7, 11) is 0. The molecule has 4 unspecified atom stereocenters. The molecule has 0 saturated carbocycles. The smallest absolute Gasteiger partial charge is 0.0757 e. The molecule has 29 heavy (non-hydrogen) atoms. The molecular formula is C23H45N3O3. The molecule has 3 heterocycles. The molecule has 6 heteroatoms. The Kier molecular flexibility index (Phi) is 8.38. The van der Waals surface area contributed by atoms with Gasteiger partial charge in [-0.1, -0.05) is 6.92 Å². The SMILES string of the molecule is CCN1CC(CCN2CC(CC(C)N3CCO[C@@H](C)C3)OC(C)(C)C2)OCC1C. The Morgan fingerprint density at radius 2 is 1.86 bits per heavy atom. The summed E-state index contributed by atoms with van der Waals surface area (Å²) in [5, 5.41) is 0. The lowest BCUT2D eigenvalue weighted by molar-refractivity contribution is -0.148. The Bertz CT molecular complexity index is 504. The fourth-order valence-corrected chi connectivity index (χ4v) is 5.30. The largest absolute Gasteiger partial charge is 0.376 e. The number of morpholine rings is 3. The first kappa shape index (κ1) is 23.4. The van der Waals surface area contributed by atoms with E-state index in [0.717, 1.165) is 71.9 Å². The van der Waals surface area contributed by atoms with Crippen LogP contribution in [0.5, 0.6) is 0 Å². The van der Waals surface area contributed by atoms with Crippen molar-refractivity contribution in [3.63, 3.8) is 0 Å². The molecule has 5 atom stereocenters. The second-order valence-corrected chi connectivity index (χ2v) is 10.2. The molecule has 3 aliphatic rings. The van der Waals surface area contributed by atoms with Crippen LogP contribution in [0.2, 0.25) is 0 Å². The lowest BCUT2D eigenvalue weighted by Crippen LogP contribution is -2.55. The van der Waals surface area contributed by atoms with Crippen molar-refractivity contribution in [1.29, 1.82) is 0 Å². The summed E-state index contributed by atoms with van der Waals surface area (Å²) in [6.45, 7) is 22.7. The van der Waals surface area contributed by atoms with Gasteiger partial charge >= 0.3 is 0 Å². The van der Waals surface area contributed by atoms with Crippen LogP contribution in [0, 0.1) is 0 Å². The molecule has 3 fully saturated rings. The monoisotopic (exact) mass is 411 g/mol. The third kappa shape index (κ3) is 6.88. The fourth-order valence-electron chi connectivity index (χ4n) is 5.30. The van der Waals surface area contributed by atoms with Gasteiger partial charge in [-0.15, -0.1) is 0 Å². The number of likely N-dealkylation sites (N-methyl/N-ethyl adjacent to an activating group) is 1. The summed E-state index contributed by atoms with van der Waals surface area (Å²) in [6, 6.07) is 1.08. The second-order valence-electron chi connectivity index (χ2n) is 10.2. The maximum absolute atomic E-state index is 6.49. The third-order valence-electron chi connectivity index (χ3n) is 6.86. The number of hydrogen-bond acceptors (Lipinski definition) is 6. The first-order chi connectivity index (χ1) is 13.8. The van der Waals surface area contributed by atoms with Gasteiger partial charge in [0.25, 0.3) is 0 Å². The highest BCUT2D eigenvalue weighted by atomic mass is 16.5. The zero-order valence-electron chi connectivity index (χ0n) is 19.7. The normalized spacial score (nSPS) is 36.2. The van der Waals surface area contributed by atoms with Gasteiger partial charge in [0, 0.05) is 51.4 Å². The highest BCUT2D eigenvalue weighted by Gasteiger charge is 2.35. The van der Waals surface area contributed by atoms with Crippen LogP contribution in [0.3, 0.4) is 0 Å². The first-order valence-corrected chi connectivity index (χ1v) is 11.9. The maximum Gasteiger partial charge on any atom is 0.0757 e. The molecule has 170 valence electrons. The van der Waals surface area contributed by atoms with Crippen molar-refractivity contribution in [3.05, 3.63) is 0 Å². The van der Waals surface area contributed by atoms with Gasteiger partial charge in [-0.25, -0.2) is 0 Å². The van der Waals surface area contributed by atoms with Crippen molar-refractivity contribution < 1.29 is 14.2 Å². The Morgan fingerprint density at radius 1 is 1.07 bits per heavy atom. The summed E-state index contributed by atoms with van der Waals surface area (Å²) < 4.78 is 18.3. The van der Waals surface area contributed by atoms with Crippen LogP contribution in [-0.2, 0) is 14.2 Å². The van der Waals surface area contributed by atoms with Crippen LogP contribution < -0.4 is 0 Å². The van der Waals surface area contributed by atoms with Crippen LogP contribution in [0.4, 0.5) is 0 Å². The van der Waals surface area contributed by atoms with Gasteiger partial charge in [-0.05, 0) is 54.0 Å². The molecule has 0 amide bonds. The van der Waals surface area contributed by atoms with E-state index in [4.69, 9.17) is 14.2 Å². The van der Waals surface area contributed by atoms with E-state index in [1.807, 2.05) is 0 Å². The highest BCUT2D eigenvalue weighted by Crippen LogP contribution is 2.26. The number of rotatable bonds is 7. The number of ether oxygens (including phenoxy) is 3. The van der Waals surface area contributed by atoms with Crippen LogP contribution in [0.25, 0.3) is 0 Å². The van der Waals surface area contributed by atoms with Crippen molar-refractivity contribution in [1.82, 2.24) is 14.7 Å². The quantitative estimate of drug-likeness (QED) is 0.641. The maximum atomic E-state index is 6.49. The summed E-state index contributed by atoms with van der Waals surface area (Å²) in [4.78, 5) is 7.73. The van der Waals surface area contributed by atoms with Gasteiger partial charge in [-0.2, -0.15) is 0 Å². The Labute approximate surface area is 178 Å². The molecule has 0 spiro atoms. The standard InChI is InChI=1S/C23H45N3O3/c1-7-25-15-21(28-16-19(25)3)8-9-24-14-22(29-23(5,6)17-24)12-18(2)26-10-11-27-20(4)13-26/h18-22H,7-17H2,1-6H3/t18?,19?,20-,21?,22?/m0/s1. The molecule has 0 radical (unpaired) electrons. The van der Waals surface area contributed by atoms with Gasteiger partial charge in [0.1, 0.15) is 0 Å². The van der Waals surface area contributed by atoms with E-state index in [1.54, 1.807) is 0 Å². The van der Waals surface area contributed by atoms with E-state index < -0.39 is 0 Å². The number of hydrogen-bond donors (Lipinski definition) is 0. The lowest BCUT2D eigenvalue weighted by Gasteiger charge is -2.45. The molecule has 3 saturated heterocycles. The van der Waals surface area contributed by atoms with Crippen molar-refractivity contribution in [2.45, 2.75) is 90.4 Å². The summed E-state index contributed by atoms with van der Waals surface area (Å²) in [5.74, 6) is 0. The van der Waals surface area contributed by atoms with Crippen molar-refractivity contribution in [2.75, 3.05) is 59.0 Å². The van der Waals surface area contributed by atoms with E-state index in [2.05, 4.69) is 56.2 Å². The van der Waals surface area contributed by atoms with Gasteiger partial charge in [0.2, 0.25) is 0 Å². The zero-order chi connectivity index (χ0) is 21.0. The zero-order valence-corrected chi connectivity index (χ0v) is 19.7. The van der Waals surface area contributed by atoms with Gasteiger partial charge in [-0.3, -0.25) is 14.7 Å². The Hall–Kier alpha value is -0.240. The summed E-state index contributed by atoms with van der Waals surface area (Å²) in [6.07, 6.45) is 3.21. The van der Waals surface area contributed by atoms with E-state index in [0.29, 0.717) is 30.4 Å². The van der Waals surface area contributed by atoms with E-state index >= 15 is 0 Å². The minimum absolute atomic E-state index is 0.0850. The Morgan fingerprint density at radius 3 is 2.59 bits per heavy atom. The average molecular weight is 412 g/mol.